The Bertz CT molecular complexity index is 705. The fourth-order valence-corrected chi connectivity index (χ4v) is 4.09. The lowest BCUT2D eigenvalue weighted by molar-refractivity contribution is 0.0620. The highest BCUT2D eigenvalue weighted by Crippen LogP contribution is 2.28. The van der Waals surface area contributed by atoms with E-state index in [2.05, 4.69) is 28.4 Å². The number of amides is 1. The number of carbonyl (C=O) groups is 1. The van der Waals surface area contributed by atoms with Crippen molar-refractivity contribution in [1.82, 2.24) is 10.2 Å². The Labute approximate surface area is 143 Å². The number of carbonyl (C=O) groups excluding carboxylic acids is 1. The zero-order chi connectivity index (χ0) is 16.4. The second-order valence-electron chi connectivity index (χ2n) is 7.04. The summed E-state index contributed by atoms with van der Waals surface area (Å²) < 4.78 is 0. The van der Waals surface area contributed by atoms with E-state index in [0.29, 0.717) is 12.0 Å². The van der Waals surface area contributed by atoms with Gasteiger partial charge in [0.15, 0.2) is 0 Å². The van der Waals surface area contributed by atoms with Crippen molar-refractivity contribution >= 4 is 5.91 Å². The third-order valence-electron chi connectivity index (χ3n) is 5.47. The van der Waals surface area contributed by atoms with Crippen molar-refractivity contribution in [3.05, 3.63) is 71.3 Å². The molecule has 0 spiro atoms. The van der Waals surface area contributed by atoms with Crippen LogP contribution in [0, 0.1) is 5.92 Å². The van der Waals surface area contributed by atoms with E-state index in [1.54, 1.807) is 0 Å². The Balaban J connectivity index is 1.50. The van der Waals surface area contributed by atoms with Crippen LogP contribution in [0.25, 0.3) is 0 Å². The molecule has 1 N–H and O–H groups in total. The SMILES string of the molecule is O=C(NC1CN2CCC1CC2)c1ccccc1Cc1ccccc1. The number of rotatable bonds is 4. The van der Waals surface area contributed by atoms with Crippen LogP contribution in [0.3, 0.4) is 0 Å². The van der Waals surface area contributed by atoms with Crippen molar-refractivity contribution in [3.63, 3.8) is 0 Å². The van der Waals surface area contributed by atoms with Crippen LogP contribution in [0.5, 0.6) is 0 Å². The number of fused-ring (bicyclic) bond motifs is 3. The number of nitrogens with zero attached hydrogens (tertiary/aromatic N) is 1. The zero-order valence-electron chi connectivity index (χ0n) is 13.9. The van der Waals surface area contributed by atoms with E-state index in [0.717, 1.165) is 24.1 Å². The summed E-state index contributed by atoms with van der Waals surface area (Å²) >= 11 is 0. The summed E-state index contributed by atoms with van der Waals surface area (Å²) in [4.78, 5) is 15.3. The van der Waals surface area contributed by atoms with Gasteiger partial charge in [0, 0.05) is 18.2 Å². The van der Waals surface area contributed by atoms with Crippen LogP contribution in [-0.4, -0.2) is 36.5 Å². The predicted octanol–water partition coefficient (Wildman–Crippen LogP) is 3.10. The Morgan fingerprint density at radius 1 is 1.00 bits per heavy atom. The van der Waals surface area contributed by atoms with Gasteiger partial charge in [-0.2, -0.15) is 0 Å². The third kappa shape index (κ3) is 3.22. The highest BCUT2D eigenvalue weighted by atomic mass is 16.1. The van der Waals surface area contributed by atoms with Crippen LogP contribution in [0.1, 0.15) is 34.3 Å². The molecule has 3 saturated heterocycles. The normalized spacial score (nSPS) is 25.4. The van der Waals surface area contributed by atoms with Crippen LogP contribution < -0.4 is 5.32 Å². The maximum absolute atomic E-state index is 12.9. The summed E-state index contributed by atoms with van der Waals surface area (Å²) in [6.07, 6.45) is 3.23. The third-order valence-corrected chi connectivity index (χ3v) is 5.47. The molecule has 0 aliphatic carbocycles. The summed E-state index contributed by atoms with van der Waals surface area (Å²) in [6.45, 7) is 3.40. The second kappa shape index (κ2) is 6.78. The van der Waals surface area contributed by atoms with Gasteiger partial charge in [-0.1, -0.05) is 48.5 Å². The maximum atomic E-state index is 12.9. The average Bonchev–Trinajstić information content (AvgIpc) is 2.64. The highest BCUT2D eigenvalue weighted by molar-refractivity contribution is 5.96. The molecule has 2 bridgehead atoms. The van der Waals surface area contributed by atoms with Crippen molar-refractivity contribution in [1.29, 1.82) is 0 Å². The summed E-state index contributed by atoms with van der Waals surface area (Å²) in [5, 5.41) is 3.31. The minimum atomic E-state index is 0.0836. The van der Waals surface area contributed by atoms with Crippen LogP contribution in [0.15, 0.2) is 54.6 Å². The molecule has 0 aromatic heterocycles. The predicted molar refractivity (Wildman–Crippen MR) is 96.1 cm³/mol. The molecule has 1 atom stereocenters. The minimum Gasteiger partial charge on any atom is -0.348 e. The molecule has 0 radical (unpaired) electrons. The van der Waals surface area contributed by atoms with Gasteiger partial charge >= 0.3 is 0 Å². The first-order chi connectivity index (χ1) is 11.8. The van der Waals surface area contributed by atoms with Crippen molar-refractivity contribution in [2.24, 2.45) is 5.92 Å². The van der Waals surface area contributed by atoms with Gasteiger partial charge in [-0.15, -0.1) is 0 Å². The number of piperidine rings is 3. The molecule has 3 aliphatic heterocycles. The van der Waals surface area contributed by atoms with E-state index in [4.69, 9.17) is 0 Å². The fraction of sp³-hybridized carbons (Fsp3) is 0.381. The lowest BCUT2D eigenvalue weighted by Gasteiger charge is -2.45. The first-order valence-corrected chi connectivity index (χ1v) is 8.94. The van der Waals surface area contributed by atoms with Crippen LogP contribution in [0.2, 0.25) is 0 Å². The Kier molecular flexibility index (Phi) is 4.35. The smallest absolute Gasteiger partial charge is 0.251 e. The van der Waals surface area contributed by atoms with E-state index in [-0.39, 0.29) is 5.91 Å². The average molecular weight is 320 g/mol. The Morgan fingerprint density at radius 2 is 1.71 bits per heavy atom. The molecule has 3 heteroatoms. The molecule has 24 heavy (non-hydrogen) atoms. The van der Waals surface area contributed by atoms with Gasteiger partial charge < -0.3 is 10.2 Å². The lowest BCUT2D eigenvalue weighted by Crippen LogP contribution is -2.57. The topological polar surface area (TPSA) is 32.3 Å². The molecule has 3 fully saturated rings. The van der Waals surface area contributed by atoms with E-state index < -0.39 is 0 Å². The van der Waals surface area contributed by atoms with Crippen molar-refractivity contribution < 1.29 is 4.79 Å². The number of benzene rings is 2. The first kappa shape index (κ1) is 15.4. The van der Waals surface area contributed by atoms with Crippen molar-refractivity contribution in [2.45, 2.75) is 25.3 Å². The summed E-state index contributed by atoms with van der Waals surface area (Å²) in [6, 6.07) is 18.7. The minimum absolute atomic E-state index is 0.0836. The van der Waals surface area contributed by atoms with Crippen molar-refractivity contribution in [3.8, 4) is 0 Å². The van der Waals surface area contributed by atoms with Gasteiger partial charge in [0.25, 0.3) is 5.91 Å². The molecule has 1 amide bonds. The molecule has 124 valence electrons. The molecule has 2 aromatic rings. The number of nitrogens with one attached hydrogen (secondary N) is 1. The van der Waals surface area contributed by atoms with E-state index >= 15 is 0 Å². The zero-order valence-corrected chi connectivity index (χ0v) is 13.9. The maximum Gasteiger partial charge on any atom is 0.251 e. The summed E-state index contributed by atoms with van der Waals surface area (Å²) in [5.41, 5.74) is 3.15. The summed E-state index contributed by atoms with van der Waals surface area (Å²) in [5.74, 6) is 0.737. The fourth-order valence-electron chi connectivity index (χ4n) is 4.09. The number of hydrogen-bond donors (Lipinski definition) is 1. The molecule has 3 aliphatic rings. The molecule has 3 heterocycles. The van der Waals surface area contributed by atoms with Crippen LogP contribution >= 0.6 is 0 Å². The largest absolute Gasteiger partial charge is 0.348 e. The van der Waals surface area contributed by atoms with Crippen LogP contribution in [0.4, 0.5) is 0 Å². The molecule has 3 nitrogen and oxygen atoms in total. The summed E-state index contributed by atoms with van der Waals surface area (Å²) in [7, 11) is 0. The first-order valence-electron chi connectivity index (χ1n) is 8.94. The van der Waals surface area contributed by atoms with E-state index in [1.807, 2.05) is 36.4 Å². The van der Waals surface area contributed by atoms with Crippen LogP contribution in [-0.2, 0) is 6.42 Å². The molecular formula is C21H24N2O. The Morgan fingerprint density at radius 3 is 2.42 bits per heavy atom. The van der Waals surface area contributed by atoms with Gasteiger partial charge in [0.1, 0.15) is 0 Å². The van der Waals surface area contributed by atoms with Crippen molar-refractivity contribution in [2.75, 3.05) is 19.6 Å². The van der Waals surface area contributed by atoms with E-state index in [1.165, 1.54) is 31.5 Å². The molecule has 2 aromatic carbocycles. The quantitative estimate of drug-likeness (QED) is 0.939. The molecule has 5 rings (SSSR count). The van der Waals surface area contributed by atoms with Gasteiger partial charge in [-0.25, -0.2) is 0 Å². The van der Waals surface area contributed by atoms with Gasteiger partial charge in [-0.3, -0.25) is 4.79 Å². The monoisotopic (exact) mass is 320 g/mol. The Hall–Kier alpha value is -2.13. The lowest BCUT2D eigenvalue weighted by atomic mass is 9.84. The second-order valence-corrected chi connectivity index (χ2v) is 7.04. The molecule has 0 saturated carbocycles. The number of hydrogen-bond acceptors (Lipinski definition) is 2. The molecule has 1 unspecified atom stereocenters. The molecular weight excluding hydrogens is 296 g/mol. The highest BCUT2D eigenvalue weighted by Gasteiger charge is 2.35. The van der Waals surface area contributed by atoms with Gasteiger partial charge in [-0.05, 0) is 55.5 Å². The van der Waals surface area contributed by atoms with E-state index in [9.17, 15) is 4.79 Å². The van der Waals surface area contributed by atoms with Gasteiger partial charge in [0.2, 0.25) is 0 Å². The van der Waals surface area contributed by atoms with Gasteiger partial charge in [0.05, 0.1) is 0 Å². The standard InChI is InChI=1S/C21H24N2O/c24-21(22-20-15-23-12-10-17(20)11-13-23)19-9-5-4-8-18(19)14-16-6-2-1-3-7-16/h1-9,17,20H,10-15H2,(H,22,24).